The number of alkyl halides is 1. The molecule has 2 rings (SSSR count). The summed E-state index contributed by atoms with van der Waals surface area (Å²) in [6.45, 7) is 0. The minimum absolute atomic E-state index is 0.282. The molecule has 0 spiro atoms. The van der Waals surface area contributed by atoms with Crippen LogP contribution >= 0.6 is 15.9 Å². The van der Waals surface area contributed by atoms with Gasteiger partial charge in [0.05, 0.1) is 0 Å². The molecule has 0 aromatic heterocycles. The van der Waals surface area contributed by atoms with Gasteiger partial charge < -0.3 is 0 Å². The Morgan fingerprint density at radius 3 is 2.91 bits per heavy atom. The van der Waals surface area contributed by atoms with Gasteiger partial charge in [-0.3, -0.25) is 4.79 Å². The summed E-state index contributed by atoms with van der Waals surface area (Å²) in [5.41, 5.74) is 0. The molecule has 2 bridgehead atoms. The second-order valence-corrected chi connectivity index (χ2v) is 4.17. The lowest BCUT2D eigenvalue weighted by molar-refractivity contribution is -0.123. The van der Waals surface area contributed by atoms with Crippen molar-refractivity contribution < 1.29 is 4.79 Å². The zero-order chi connectivity index (χ0) is 7.84. The van der Waals surface area contributed by atoms with E-state index in [1.807, 2.05) is 0 Å². The molecule has 0 saturated heterocycles. The fourth-order valence-electron chi connectivity index (χ4n) is 2.20. The van der Waals surface area contributed by atoms with Crippen LogP contribution in [0.4, 0.5) is 0 Å². The van der Waals surface area contributed by atoms with Crippen LogP contribution in [0.25, 0.3) is 0 Å². The second kappa shape index (κ2) is 2.74. The zero-order valence-electron chi connectivity index (χ0n) is 6.29. The number of hydrogen-bond acceptors (Lipinski definition) is 1. The average molecular weight is 215 g/mol. The molecule has 0 heterocycles. The van der Waals surface area contributed by atoms with Crippen molar-refractivity contribution in [2.75, 3.05) is 5.33 Å². The molecule has 60 valence electrons. The van der Waals surface area contributed by atoms with Crippen LogP contribution < -0.4 is 0 Å². The number of carbonyl (C=O) groups excluding carboxylic acids is 1. The van der Waals surface area contributed by atoms with Crippen molar-refractivity contribution in [1.82, 2.24) is 0 Å². The highest BCUT2D eigenvalue weighted by Crippen LogP contribution is 2.42. The third-order valence-corrected chi connectivity index (χ3v) is 3.24. The molecule has 0 aliphatic heterocycles. The van der Waals surface area contributed by atoms with E-state index in [1.165, 1.54) is 0 Å². The van der Waals surface area contributed by atoms with Crippen molar-refractivity contribution >= 4 is 21.7 Å². The Morgan fingerprint density at radius 1 is 1.55 bits per heavy atom. The van der Waals surface area contributed by atoms with Gasteiger partial charge in [-0.05, 0) is 18.8 Å². The lowest BCUT2D eigenvalue weighted by atomic mass is 9.90. The molecular weight excluding hydrogens is 204 g/mol. The number of ketones is 1. The summed E-state index contributed by atoms with van der Waals surface area (Å²) in [6.07, 6.45) is 6.41. The molecule has 0 aromatic carbocycles. The van der Waals surface area contributed by atoms with Crippen LogP contribution in [0.2, 0.25) is 0 Å². The van der Waals surface area contributed by atoms with Gasteiger partial charge in [-0.2, -0.15) is 0 Å². The van der Waals surface area contributed by atoms with Gasteiger partial charge in [0.2, 0.25) is 0 Å². The number of Topliss-reactive ketones (excluding diaryl/α,β-unsaturated/α-hetero) is 1. The van der Waals surface area contributed by atoms with Crippen molar-refractivity contribution in [2.45, 2.75) is 12.8 Å². The average Bonchev–Trinajstić information content (AvgIpc) is 2.54. The van der Waals surface area contributed by atoms with Gasteiger partial charge in [-0.15, -0.1) is 0 Å². The van der Waals surface area contributed by atoms with Gasteiger partial charge >= 0.3 is 0 Å². The minimum atomic E-state index is 0.282. The summed E-state index contributed by atoms with van der Waals surface area (Å²) in [6, 6.07) is 0. The molecule has 1 fully saturated rings. The Morgan fingerprint density at radius 2 is 2.36 bits per heavy atom. The van der Waals surface area contributed by atoms with Crippen LogP contribution in [-0.4, -0.2) is 11.1 Å². The molecule has 0 N–H and O–H groups in total. The zero-order valence-corrected chi connectivity index (χ0v) is 7.88. The number of fused-ring (bicyclic) bond motifs is 2. The third kappa shape index (κ3) is 1.08. The van der Waals surface area contributed by atoms with Crippen LogP contribution in [0.3, 0.4) is 0 Å². The molecule has 0 radical (unpaired) electrons. The molecule has 2 aliphatic carbocycles. The first-order valence-electron chi connectivity index (χ1n) is 4.11. The number of hydrogen-bond donors (Lipinski definition) is 0. The third-order valence-electron chi connectivity index (χ3n) is 2.78. The number of carbonyl (C=O) groups is 1. The predicted molar refractivity (Wildman–Crippen MR) is 47.6 cm³/mol. The van der Waals surface area contributed by atoms with E-state index in [2.05, 4.69) is 28.1 Å². The molecule has 3 atom stereocenters. The highest BCUT2D eigenvalue weighted by molar-refractivity contribution is 9.09. The van der Waals surface area contributed by atoms with Crippen LogP contribution in [0, 0.1) is 17.8 Å². The predicted octanol–water partition coefficient (Wildman–Crippen LogP) is 2.16. The Balaban J connectivity index is 2.12. The van der Waals surface area contributed by atoms with Gasteiger partial charge in [0.1, 0.15) is 5.78 Å². The molecule has 0 amide bonds. The van der Waals surface area contributed by atoms with Gasteiger partial charge in [0.25, 0.3) is 0 Å². The first kappa shape index (κ1) is 7.53. The highest BCUT2D eigenvalue weighted by Gasteiger charge is 2.42. The van der Waals surface area contributed by atoms with Crippen LogP contribution in [0.1, 0.15) is 12.8 Å². The molecule has 1 saturated carbocycles. The summed E-state index contributed by atoms with van der Waals surface area (Å²) in [5, 5.41) is 0.959. The van der Waals surface area contributed by atoms with Crippen LogP contribution in [0.5, 0.6) is 0 Å². The van der Waals surface area contributed by atoms with Gasteiger partial charge in [0.15, 0.2) is 0 Å². The Bertz CT molecular complexity index is 210. The quantitative estimate of drug-likeness (QED) is 0.509. The first-order chi connectivity index (χ1) is 5.33. The molecule has 2 aliphatic rings. The summed E-state index contributed by atoms with van der Waals surface area (Å²) in [7, 11) is 0. The maximum absolute atomic E-state index is 11.5. The van der Waals surface area contributed by atoms with E-state index in [0.717, 1.165) is 18.2 Å². The molecule has 0 aromatic rings. The van der Waals surface area contributed by atoms with Crippen molar-refractivity contribution in [3.8, 4) is 0 Å². The lowest BCUT2D eigenvalue weighted by Crippen LogP contribution is -2.19. The number of allylic oxidation sites excluding steroid dienone is 2. The molecular formula is C9H11BrO. The topological polar surface area (TPSA) is 17.1 Å². The monoisotopic (exact) mass is 214 g/mol. The standard InChI is InChI=1S/C9H11BrO/c10-4-3-8-6-1-2-7(5-6)9(8)11/h1-2,6-8H,3-5H2. The van der Waals surface area contributed by atoms with E-state index < -0.39 is 0 Å². The number of halogens is 1. The number of rotatable bonds is 2. The van der Waals surface area contributed by atoms with Gasteiger partial charge in [-0.25, -0.2) is 0 Å². The summed E-state index contributed by atoms with van der Waals surface area (Å²) < 4.78 is 0. The second-order valence-electron chi connectivity index (χ2n) is 3.38. The molecule has 3 unspecified atom stereocenters. The van der Waals surface area contributed by atoms with Crippen molar-refractivity contribution in [1.29, 1.82) is 0 Å². The van der Waals surface area contributed by atoms with E-state index in [-0.39, 0.29) is 5.92 Å². The normalized spacial score (nSPS) is 40.5. The lowest BCUT2D eigenvalue weighted by Gasteiger charge is -2.14. The van der Waals surface area contributed by atoms with E-state index in [0.29, 0.717) is 17.6 Å². The van der Waals surface area contributed by atoms with Crippen molar-refractivity contribution in [3.05, 3.63) is 12.2 Å². The van der Waals surface area contributed by atoms with Gasteiger partial charge in [-0.1, -0.05) is 28.1 Å². The van der Waals surface area contributed by atoms with Crippen molar-refractivity contribution in [2.24, 2.45) is 17.8 Å². The van der Waals surface area contributed by atoms with E-state index in [1.54, 1.807) is 0 Å². The van der Waals surface area contributed by atoms with Crippen LogP contribution in [-0.2, 0) is 4.79 Å². The summed E-state index contributed by atoms with van der Waals surface area (Å²) >= 11 is 3.38. The van der Waals surface area contributed by atoms with E-state index in [4.69, 9.17) is 0 Å². The molecule has 2 heteroatoms. The van der Waals surface area contributed by atoms with Crippen LogP contribution in [0.15, 0.2) is 12.2 Å². The van der Waals surface area contributed by atoms with Gasteiger partial charge in [0, 0.05) is 17.2 Å². The Kier molecular flexibility index (Phi) is 1.88. The maximum atomic E-state index is 11.5. The molecule has 11 heavy (non-hydrogen) atoms. The maximum Gasteiger partial charge on any atom is 0.143 e. The minimum Gasteiger partial charge on any atom is -0.299 e. The van der Waals surface area contributed by atoms with E-state index in [9.17, 15) is 4.79 Å². The fourth-order valence-corrected chi connectivity index (χ4v) is 2.69. The molecule has 1 nitrogen and oxygen atoms in total. The Hall–Kier alpha value is -0.110. The van der Waals surface area contributed by atoms with E-state index >= 15 is 0 Å². The summed E-state index contributed by atoms with van der Waals surface area (Å²) in [4.78, 5) is 11.5. The fraction of sp³-hybridized carbons (Fsp3) is 0.667. The highest BCUT2D eigenvalue weighted by atomic mass is 79.9. The smallest absolute Gasteiger partial charge is 0.143 e. The Labute approximate surface area is 75.0 Å². The largest absolute Gasteiger partial charge is 0.299 e. The first-order valence-corrected chi connectivity index (χ1v) is 5.23. The van der Waals surface area contributed by atoms with Crippen molar-refractivity contribution in [3.63, 3.8) is 0 Å². The summed E-state index contributed by atoms with van der Waals surface area (Å²) in [5.74, 6) is 1.68. The SMILES string of the molecule is O=C1C2C=CC(C2)C1CCBr.